The van der Waals surface area contributed by atoms with Crippen molar-refractivity contribution >= 4 is 0 Å². The molecule has 0 aliphatic carbocycles. The van der Waals surface area contributed by atoms with Gasteiger partial charge in [0, 0.05) is 7.11 Å². The van der Waals surface area contributed by atoms with Gasteiger partial charge < -0.3 is 4.74 Å². The molecular weight excluding hydrogens is 160 g/mol. The second-order valence-corrected chi connectivity index (χ2v) is 3.77. The predicted octanol–water partition coefficient (Wildman–Crippen LogP) is 3.26. The van der Waals surface area contributed by atoms with E-state index in [1.807, 2.05) is 0 Å². The van der Waals surface area contributed by atoms with Gasteiger partial charge >= 0.3 is 0 Å². The van der Waals surface area contributed by atoms with Crippen molar-refractivity contribution in [3.63, 3.8) is 0 Å². The molecule has 0 aliphatic heterocycles. The maximum Gasteiger partial charge on any atom is 0.0715 e. The number of benzene rings is 1. The highest BCUT2D eigenvalue weighted by atomic mass is 16.5. The number of ether oxygens (including phenoxy) is 1. The highest BCUT2D eigenvalue weighted by molar-refractivity contribution is 5.32. The molecule has 1 aromatic rings. The van der Waals surface area contributed by atoms with E-state index in [4.69, 9.17) is 4.74 Å². The SMILES string of the molecule is COCc1cc(C(C)C)ccc1C. The summed E-state index contributed by atoms with van der Waals surface area (Å²) in [6, 6.07) is 6.60. The van der Waals surface area contributed by atoms with E-state index in [0.717, 1.165) is 0 Å². The molecule has 0 radical (unpaired) electrons. The minimum Gasteiger partial charge on any atom is -0.380 e. The second-order valence-electron chi connectivity index (χ2n) is 3.77. The van der Waals surface area contributed by atoms with Crippen LogP contribution in [0.2, 0.25) is 0 Å². The summed E-state index contributed by atoms with van der Waals surface area (Å²) in [6.45, 7) is 7.26. The molecule has 0 spiro atoms. The number of aryl methyl sites for hydroxylation is 1. The van der Waals surface area contributed by atoms with Crippen molar-refractivity contribution in [3.05, 3.63) is 34.9 Å². The lowest BCUT2D eigenvalue weighted by atomic mass is 9.98. The molecule has 1 nitrogen and oxygen atoms in total. The van der Waals surface area contributed by atoms with Gasteiger partial charge in [-0.3, -0.25) is 0 Å². The summed E-state index contributed by atoms with van der Waals surface area (Å²) in [6.07, 6.45) is 0. The largest absolute Gasteiger partial charge is 0.380 e. The third-order valence-corrected chi connectivity index (χ3v) is 2.34. The Morgan fingerprint density at radius 1 is 1.31 bits per heavy atom. The van der Waals surface area contributed by atoms with E-state index < -0.39 is 0 Å². The molecule has 1 heteroatoms. The maximum atomic E-state index is 5.14. The third-order valence-electron chi connectivity index (χ3n) is 2.34. The number of methoxy groups -OCH3 is 1. The molecule has 72 valence electrons. The van der Waals surface area contributed by atoms with Crippen molar-refractivity contribution in [2.45, 2.75) is 33.3 Å². The van der Waals surface area contributed by atoms with Crippen LogP contribution in [0, 0.1) is 6.92 Å². The Morgan fingerprint density at radius 3 is 2.54 bits per heavy atom. The molecule has 0 heterocycles. The van der Waals surface area contributed by atoms with Gasteiger partial charge in [0.2, 0.25) is 0 Å². The Balaban J connectivity index is 2.97. The van der Waals surface area contributed by atoms with E-state index in [-0.39, 0.29) is 0 Å². The number of rotatable bonds is 3. The normalized spacial score (nSPS) is 10.8. The number of hydrogen-bond donors (Lipinski definition) is 0. The van der Waals surface area contributed by atoms with Gasteiger partial charge in [0.1, 0.15) is 0 Å². The predicted molar refractivity (Wildman–Crippen MR) is 56.0 cm³/mol. The molecule has 0 saturated heterocycles. The molecule has 1 rings (SSSR count). The van der Waals surface area contributed by atoms with Crippen molar-refractivity contribution in [3.8, 4) is 0 Å². The van der Waals surface area contributed by atoms with Crippen LogP contribution >= 0.6 is 0 Å². The van der Waals surface area contributed by atoms with E-state index in [1.165, 1.54) is 16.7 Å². The molecular formula is C12H18O. The minimum atomic E-state index is 0.594. The lowest BCUT2D eigenvalue weighted by molar-refractivity contribution is 0.184. The first-order valence-electron chi connectivity index (χ1n) is 4.73. The van der Waals surface area contributed by atoms with Crippen LogP contribution in [0.1, 0.15) is 36.5 Å². The topological polar surface area (TPSA) is 9.23 Å². The molecule has 0 N–H and O–H groups in total. The van der Waals surface area contributed by atoms with E-state index in [0.29, 0.717) is 12.5 Å². The van der Waals surface area contributed by atoms with Gasteiger partial charge in [-0.05, 0) is 29.5 Å². The van der Waals surface area contributed by atoms with Crippen LogP contribution in [0.3, 0.4) is 0 Å². The van der Waals surface area contributed by atoms with Crippen LogP contribution < -0.4 is 0 Å². The Hall–Kier alpha value is -0.820. The Bertz CT molecular complexity index is 276. The highest BCUT2D eigenvalue weighted by Crippen LogP contribution is 2.18. The van der Waals surface area contributed by atoms with Crippen molar-refractivity contribution in [2.75, 3.05) is 7.11 Å². The average Bonchev–Trinajstić information content (AvgIpc) is 2.08. The van der Waals surface area contributed by atoms with Gasteiger partial charge in [0.05, 0.1) is 6.61 Å². The summed E-state index contributed by atoms with van der Waals surface area (Å²) in [7, 11) is 1.74. The zero-order valence-corrected chi connectivity index (χ0v) is 8.92. The van der Waals surface area contributed by atoms with Crippen LogP contribution in [0.15, 0.2) is 18.2 Å². The standard InChI is InChI=1S/C12H18O/c1-9(2)11-6-5-10(3)12(7-11)8-13-4/h5-7,9H,8H2,1-4H3. The average molecular weight is 178 g/mol. The quantitative estimate of drug-likeness (QED) is 0.690. The molecule has 1 aromatic carbocycles. The molecule has 0 saturated carbocycles. The van der Waals surface area contributed by atoms with Gasteiger partial charge in [-0.2, -0.15) is 0 Å². The summed E-state index contributed by atoms with van der Waals surface area (Å²) in [5.41, 5.74) is 4.00. The van der Waals surface area contributed by atoms with Gasteiger partial charge in [-0.15, -0.1) is 0 Å². The first-order chi connectivity index (χ1) is 6.15. The fraction of sp³-hybridized carbons (Fsp3) is 0.500. The maximum absolute atomic E-state index is 5.14. The summed E-state index contributed by atoms with van der Waals surface area (Å²) in [5.74, 6) is 0.594. The first kappa shape index (κ1) is 10.3. The zero-order chi connectivity index (χ0) is 9.84. The summed E-state index contributed by atoms with van der Waals surface area (Å²) in [4.78, 5) is 0. The van der Waals surface area contributed by atoms with Crippen LogP contribution in [-0.4, -0.2) is 7.11 Å². The van der Waals surface area contributed by atoms with Crippen molar-refractivity contribution in [1.82, 2.24) is 0 Å². The monoisotopic (exact) mass is 178 g/mol. The summed E-state index contributed by atoms with van der Waals surface area (Å²) >= 11 is 0. The summed E-state index contributed by atoms with van der Waals surface area (Å²) in [5, 5.41) is 0. The van der Waals surface area contributed by atoms with Gasteiger partial charge in [-0.1, -0.05) is 32.0 Å². The molecule has 0 bridgehead atoms. The van der Waals surface area contributed by atoms with Crippen molar-refractivity contribution in [2.24, 2.45) is 0 Å². The molecule has 0 unspecified atom stereocenters. The van der Waals surface area contributed by atoms with Crippen LogP contribution in [0.25, 0.3) is 0 Å². The van der Waals surface area contributed by atoms with Gasteiger partial charge in [0.15, 0.2) is 0 Å². The lowest BCUT2D eigenvalue weighted by Crippen LogP contribution is -1.95. The Kier molecular flexibility index (Phi) is 3.49. The van der Waals surface area contributed by atoms with E-state index in [9.17, 15) is 0 Å². The number of hydrogen-bond acceptors (Lipinski definition) is 1. The zero-order valence-electron chi connectivity index (χ0n) is 8.92. The third kappa shape index (κ3) is 2.56. The van der Waals surface area contributed by atoms with E-state index in [1.54, 1.807) is 7.11 Å². The fourth-order valence-electron chi connectivity index (χ4n) is 1.36. The van der Waals surface area contributed by atoms with Crippen molar-refractivity contribution < 1.29 is 4.74 Å². The Morgan fingerprint density at radius 2 is 2.00 bits per heavy atom. The molecule has 0 aromatic heterocycles. The van der Waals surface area contributed by atoms with Crippen LogP contribution in [0.4, 0.5) is 0 Å². The smallest absolute Gasteiger partial charge is 0.0715 e. The Labute approximate surface area is 80.7 Å². The molecule has 0 fully saturated rings. The van der Waals surface area contributed by atoms with Gasteiger partial charge in [0.25, 0.3) is 0 Å². The first-order valence-corrected chi connectivity index (χ1v) is 4.73. The molecule has 0 amide bonds. The van der Waals surface area contributed by atoms with E-state index in [2.05, 4.69) is 39.0 Å². The van der Waals surface area contributed by atoms with Crippen molar-refractivity contribution in [1.29, 1.82) is 0 Å². The van der Waals surface area contributed by atoms with E-state index >= 15 is 0 Å². The molecule has 0 aliphatic rings. The molecule has 13 heavy (non-hydrogen) atoms. The molecule has 0 atom stereocenters. The lowest BCUT2D eigenvalue weighted by Gasteiger charge is -2.10. The minimum absolute atomic E-state index is 0.594. The fourth-order valence-corrected chi connectivity index (χ4v) is 1.36. The van der Waals surface area contributed by atoms with Gasteiger partial charge in [-0.25, -0.2) is 0 Å². The second kappa shape index (κ2) is 4.43. The van der Waals surface area contributed by atoms with Crippen LogP contribution in [0.5, 0.6) is 0 Å². The highest BCUT2D eigenvalue weighted by Gasteiger charge is 2.02. The summed E-state index contributed by atoms with van der Waals surface area (Å²) < 4.78 is 5.14. The van der Waals surface area contributed by atoms with Crippen LogP contribution in [-0.2, 0) is 11.3 Å².